The van der Waals surface area contributed by atoms with Crippen LogP contribution in [0.5, 0.6) is 0 Å². The van der Waals surface area contributed by atoms with E-state index < -0.39 is 5.79 Å². The van der Waals surface area contributed by atoms with Crippen LogP contribution in [0.25, 0.3) is 0 Å². The first kappa shape index (κ1) is 6.99. The molecule has 9 heavy (non-hydrogen) atoms. The van der Waals surface area contributed by atoms with Gasteiger partial charge in [0.2, 0.25) is 0 Å². The maximum Gasteiger partial charge on any atom is 0.184 e. The lowest BCUT2D eigenvalue weighted by molar-refractivity contribution is -0.215. The largest absolute Gasteiger partial charge is 0.346 e. The van der Waals surface area contributed by atoms with Crippen molar-refractivity contribution in [2.75, 3.05) is 0 Å². The molecule has 1 aliphatic heterocycles. The molecule has 0 saturated carbocycles. The molecular formula is C6H13NO2. The highest BCUT2D eigenvalue weighted by Crippen LogP contribution is 2.28. The zero-order valence-corrected chi connectivity index (χ0v) is 5.89. The maximum absolute atomic E-state index is 5.35. The van der Waals surface area contributed by atoms with E-state index in [1.54, 1.807) is 0 Å². The average molecular weight is 131 g/mol. The Morgan fingerprint density at radius 1 is 1.78 bits per heavy atom. The van der Waals surface area contributed by atoms with Gasteiger partial charge in [-0.2, -0.15) is 0 Å². The van der Waals surface area contributed by atoms with E-state index in [0.29, 0.717) is 6.10 Å². The lowest BCUT2D eigenvalue weighted by atomic mass is 10.2. The Kier molecular flexibility index (Phi) is 1.75. The summed E-state index contributed by atoms with van der Waals surface area (Å²) >= 11 is 0. The molecule has 0 aliphatic carbocycles. The first-order valence-corrected chi connectivity index (χ1v) is 3.22. The second-order valence-corrected chi connectivity index (χ2v) is 2.72. The molecule has 3 nitrogen and oxygen atoms in total. The molecule has 0 radical (unpaired) electrons. The van der Waals surface area contributed by atoms with Gasteiger partial charge in [-0.1, -0.05) is 0 Å². The summed E-state index contributed by atoms with van der Waals surface area (Å²) in [5, 5.41) is 0. The van der Waals surface area contributed by atoms with Crippen LogP contribution in [0.2, 0.25) is 0 Å². The summed E-state index contributed by atoms with van der Waals surface area (Å²) < 4.78 is 5.35. The van der Waals surface area contributed by atoms with Gasteiger partial charge >= 0.3 is 0 Å². The van der Waals surface area contributed by atoms with Crippen LogP contribution in [0.3, 0.4) is 0 Å². The third kappa shape index (κ3) is 1.41. The molecule has 0 aromatic rings. The van der Waals surface area contributed by atoms with E-state index in [9.17, 15) is 0 Å². The second kappa shape index (κ2) is 2.25. The van der Waals surface area contributed by atoms with E-state index >= 15 is 0 Å². The third-order valence-electron chi connectivity index (χ3n) is 1.70. The van der Waals surface area contributed by atoms with E-state index in [-0.39, 0.29) is 0 Å². The molecule has 0 aromatic heterocycles. The fraction of sp³-hybridized carbons (Fsp3) is 1.00. The van der Waals surface area contributed by atoms with Crippen LogP contribution in [0.1, 0.15) is 26.7 Å². The Labute approximate surface area is 55.1 Å². The van der Waals surface area contributed by atoms with E-state index in [1.807, 2.05) is 13.8 Å². The molecule has 0 spiro atoms. The van der Waals surface area contributed by atoms with Gasteiger partial charge in [0.25, 0.3) is 0 Å². The van der Waals surface area contributed by atoms with Gasteiger partial charge in [0.05, 0.1) is 6.10 Å². The Bertz CT molecular complexity index is 107. The summed E-state index contributed by atoms with van der Waals surface area (Å²) in [6, 6.07) is 0. The van der Waals surface area contributed by atoms with Crippen molar-refractivity contribution in [3.05, 3.63) is 0 Å². The molecule has 1 saturated heterocycles. The molecule has 1 heterocycles. The van der Waals surface area contributed by atoms with Gasteiger partial charge in [0.1, 0.15) is 0 Å². The highest BCUT2D eigenvalue weighted by atomic mass is 16.8. The molecule has 3 heteroatoms. The molecule has 2 atom stereocenters. The molecule has 0 bridgehead atoms. The van der Waals surface area contributed by atoms with Crippen molar-refractivity contribution in [3.63, 3.8) is 0 Å². The molecule has 2 N–H and O–H groups in total. The minimum Gasteiger partial charge on any atom is -0.346 e. The highest BCUT2D eigenvalue weighted by molar-refractivity contribution is 4.73. The van der Waals surface area contributed by atoms with Crippen molar-refractivity contribution in [1.29, 1.82) is 0 Å². The lowest BCUT2D eigenvalue weighted by Crippen LogP contribution is -2.31. The van der Waals surface area contributed by atoms with Gasteiger partial charge in [0.15, 0.2) is 5.79 Å². The molecule has 0 aromatic carbocycles. The van der Waals surface area contributed by atoms with Crippen LogP contribution in [0.4, 0.5) is 0 Å². The molecule has 0 amide bonds. The maximum atomic E-state index is 5.35. The average Bonchev–Trinajstić information content (AvgIpc) is 2.13. The summed E-state index contributed by atoms with van der Waals surface area (Å²) in [7, 11) is 0. The van der Waals surface area contributed by atoms with Crippen molar-refractivity contribution < 1.29 is 9.57 Å². The van der Waals surface area contributed by atoms with Gasteiger partial charge in [-0.05, 0) is 20.3 Å². The first-order chi connectivity index (χ1) is 4.16. The summed E-state index contributed by atoms with van der Waals surface area (Å²) in [4.78, 5) is 4.65. The zero-order valence-electron chi connectivity index (χ0n) is 5.89. The van der Waals surface area contributed by atoms with Crippen LogP contribution in [0.15, 0.2) is 0 Å². The normalized spacial score (nSPS) is 43.7. The summed E-state index contributed by atoms with van der Waals surface area (Å²) in [5.74, 6) is 4.49. The van der Waals surface area contributed by atoms with Crippen molar-refractivity contribution in [2.24, 2.45) is 5.90 Å². The van der Waals surface area contributed by atoms with E-state index in [0.717, 1.165) is 12.8 Å². The minimum atomic E-state index is -0.514. The topological polar surface area (TPSA) is 44.5 Å². The Hall–Kier alpha value is -0.120. The summed E-state index contributed by atoms with van der Waals surface area (Å²) in [6.45, 7) is 3.88. The van der Waals surface area contributed by atoms with Crippen LogP contribution in [-0.4, -0.2) is 11.9 Å². The van der Waals surface area contributed by atoms with Gasteiger partial charge in [-0.15, -0.1) is 0 Å². The van der Waals surface area contributed by atoms with Crippen LogP contribution < -0.4 is 5.90 Å². The predicted octanol–water partition coefficient (Wildman–Crippen LogP) is 0.792. The van der Waals surface area contributed by atoms with Gasteiger partial charge in [-0.25, -0.2) is 5.90 Å². The Morgan fingerprint density at radius 3 is 2.67 bits per heavy atom. The minimum absolute atomic E-state index is 0.290. The Morgan fingerprint density at radius 2 is 2.44 bits per heavy atom. The molecular weight excluding hydrogens is 118 g/mol. The summed E-state index contributed by atoms with van der Waals surface area (Å²) in [5.41, 5.74) is 0. The van der Waals surface area contributed by atoms with Gasteiger partial charge in [0, 0.05) is 6.42 Å². The third-order valence-corrected chi connectivity index (χ3v) is 1.70. The quantitative estimate of drug-likeness (QED) is 0.535. The second-order valence-electron chi connectivity index (χ2n) is 2.72. The number of hydrogen-bond acceptors (Lipinski definition) is 3. The fourth-order valence-corrected chi connectivity index (χ4v) is 1.10. The number of ether oxygens (including phenoxy) is 1. The van der Waals surface area contributed by atoms with Crippen molar-refractivity contribution in [1.82, 2.24) is 0 Å². The van der Waals surface area contributed by atoms with Crippen LogP contribution in [0, 0.1) is 0 Å². The number of hydrogen-bond donors (Lipinski definition) is 1. The zero-order chi connectivity index (χ0) is 6.91. The monoisotopic (exact) mass is 131 g/mol. The fourth-order valence-electron chi connectivity index (χ4n) is 1.10. The lowest BCUT2D eigenvalue weighted by Gasteiger charge is -2.20. The number of nitrogens with two attached hydrogens (primary N) is 1. The van der Waals surface area contributed by atoms with Crippen LogP contribution >= 0.6 is 0 Å². The SMILES string of the molecule is CC1CC[C@@](C)(ON)O1. The van der Waals surface area contributed by atoms with Crippen molar-refractivity contribution in [2.45, 2.75) is 38.6 Å². The molecule has 54 valence electrons. The molecule has 1 aliphatic rings. The first-order valence-electron chi connectivity index (χ1n) is 3.22. The predicted molar refractivity (Wildman–Crippen MR) is 33.5 cm³/mol. The molecule has 1 rings (SSSR count). The molecule has 1 unspecified atom stereocenters. The number of rotatable bonds is 1. The highest BCUT2D eigenvalue weighted by Gasteiger charge is 2.34. The van der Waals surface area contributed by atoms with Gasteiger partial charge in [-0.3, -0.25) is 4.84 Å². The van der Waals surface area contributed by atoms with Gasteiger partial charge < -0.3 is 4.74 Å². The Balaban J connectivity index is 2.45. The van der Waals surface area contributed by atoms with E-state index in [2.05, 4.69) is 4.84 Å². The smallest absolute Gasteiger partial charge is 0.184 e. The van der Waals surface area contributed by atoms with Crippen molar-refractivity contribution >= 4 is 0 Å². The van der Waals surface area contributed by atoms with E-state index in [1.165, 1.54) is 0 Å². The van der Waals surface area contributed by atoms with Crippen molar-refractivity contribution in [3.8, 4) is 0 Å². The van der Waals surface area contributed by atoms with E-state index in [4.69, 9.17) is 10.6 Å². The molecule has 1 fully saturated rings. The summed E-state index contributed by atoms with van der Waals surface area (Å²) in [6.07, 6.45) is 2.22. The standard InChI is InChI=1S/C6H13NO2/c1-5-3-4-6(2,8-5)9-7/h5H,3-4,7H2,1-2H3/t5?,6-/m1/s1. The van der Waals surface area contributed by atoms with Crippen LogP contribution in [-0.2, 0) is 9.57 Å².